The second-order valence-corrected chi connectivity index (χ2v) is 7.23. The first-order chi connectivity index (χ1) is 9.99. The Labute approximate surface area is 139 Å². The summed E-state index contributed by atoms with van der Waals surface area (Å²) in [6, 6.07) is 3.95. The fourth-order valence-electron chi connectivity index (χ4n) is 3.30. The molecule has 3 nitrogen and oxygen atoms in total. The van der Waals surface area contributed by atoms with Gasteiger partial charge in [-0.3, -0.25) is 0 Å². The van der Waals surface area contributed by atoms with Gasteiger partial charge in [0, 0.05) is 10.4 Å². The van der Waals surface area contributed by atoms with E-state index in [0.717, 1.165) is 21.5 Å². The zero-order valence-corrected chi connectivity index (χ0v) is 14.8. The van der Waals surface area contributed by atoms with Crippen molar-refractivity contribution >= 4 is 27.5 Å². The number of halogens is 2. The fourth-order valence-corrected chi connectivity index (χ4v) is 4.61. The maximum atomic E-state index is 6.81. The van der Waals surface area contributed by atoms with Gasteiger partial charge in [0.2, 0.25) is 0 Å². The van der Waals surface area contributed by atoms with Crippen molar-refractivity contribution in [2.24, 2.45) is 11.8 Å². The second kappa shape index (κ2) is 5.98. The van der Waals surface area contributed by atoms with Crippen LogP contribution in [0.4, 0.5) is 0 Å². The van der Waals surface area contributed by atoms with Gasteiger partial charge in [0.05, 0.1) is 17.6 Å². The van der Waals surface area contributed by atoms with E-state index in [2.05, 4.69) is 36.7 Å². The first-order valence-electron chi connectivity index (χ1n) is 7.37. The van der Waals surface area contributed by atoms with Crippen LogP contribution in [-0.2, 0) is 4.74 Å². The van der Waals surface area contributed by atoms with Gasteiger partial charge >= 0.3 is 0 Å². The van der Waals surface area contributed by atoms with Crippen molar-refractivity contribution in [1.82, 2.24) is 0 Å². The van der Waals surface area contributed by atoms with Crippen LogP contribution >= 0.6 is 27.5 Å². The molecule has 3 rings (SSSR count). The summed E-state index contributed by atoms with van der Waals surface area (Å²) in [6.07, 6.45) is 0.389. The van der Waals surface area contributed by atoms with Gasteiger partial charge in [-0.25, -0.2) is 0 Å². The van der Waals surface area contributed by atoms with E-state index in [0.29, 0.717) is 19.1 Å². The Balaban J connectivity index is 1.92. The highest BCUT2D eigenvalue weighted by atomic mass is 79.9. The zero-order chi connectivity index (χ0) is 15.1. The minimum atomic E-state index is -0.120. The number of benzene rings is 1. The van der Waals surface area contributed by atoms with Crippen LogP contribution in [0.3, 0.4) is 0 Å². The average Bonchev–Trinajstić information content (AvgIpc) is 2.70. The van der Waals surface area contributed by atoms with E-state index >= 15 is 0 Å². The van der Waals surface area contributed by atoms with Crippen molar-refractivity contribution in [2.75, 3.05) is 13.2 Å². The van der Waals surface area contributed by atoms with Gasteiger partial charge in [0.15, 0.2) is 11.5 Å². The van der Waals surface area contributed by atoms with Crippen LogP contribution in [0, 0.1) is 11.8 Å². The van der Waals surface area contributed by atoms with Gasteiger partial charge in [-0.1, -0.05) is 22.9 Å². The molecule has 1 aromatic rings. The zero-order valence-electron chi connectivity index (χ0n) is 12.4. The number of rotatable bonds is 2. The third-order valence-electron chi connectivity index (χ3n) is 4.62. The van der Waals surface area contributed by atoms with Crippen LogP contribution in [-0.4, -0.2) is 25.4 Å². The molecule has 0 aliphatic carbocycles. The molecule has 116 valence electrons. The lowest BCUT2D eigenvalue weighted by atomic mass is 9.84. The predicted octanol–water partition coefficient (Wildman–Crippen LogP) is 4.56. The first-order valence-corrected chi connectivity index (χ1v) is 8.60. The monoisotopic (exact) mass is 374 g/mol. The Morgan fingerprint density at radius 1 is 1.10 bits per heavy atom. The minimum Gasteiger partial charge on any atom is -0.486 e. The Hall–Kier alpha value is -0.450. The van der Waals surface area contributed by atoms with E-state index in [9.17, 15) is 0 Å². The van der Waals surface area contributed by atoms with Crippen LogP contribution in [0.15, 0.2) is 16.6 Å². The molecule has 2 aliphatic rings. The van der Waals surface area contributed by atoms with Crippen LogP contribution in [0.2, 0.25) is 0 Å². The normalized spacial score (nSPS) is 33.0. The van der Waals surface area contributed by atoms with Crippen molar-refractivity contribution in [3.8, 4) is 11.5 Å². The lowest BCUT2D eigenvalue weighted by Gasteiger charge is -2.27. The summed E-state index contributed by atoms with van der Waals surface area (Å²) in [5, 5.41) is -0.120. The van der Waals surface area contributed by atoms with E-state index in [-0.39, 0.29) is 23.5 Å². The van der Waals surface area contributed by atoms with E-state index in [1.807, 2.05) is 12.1 Å². The summed E-state index contributed by atoms with van der Waals surface area (Å²) in [6.45, 7) is 7.60. The molecule has 0 spiro atoms. The third kappa shape index (κ3) is 2.78. The number of alkyl halides is 1. The highest BCUT2D eigenvalue weighted by Gasteiger charge is 2.42. The number of hydrogen-bond acceptors (Lipinski definition) is 3. The predicted molar refractivity (Wildman–Crippen MR) is 86.4 cm³/mol. The molecule has 0 amide bonds. The summed E-state index contributed by atoms with van der Waals surface area (Å²) in [4.78, 5) is 0. The summed E-state index contributed by atoms with van der Waals surface area (Å²) >= 11 is 10.4. The first kappa shape index (κ1) is 15.4. The van der Waals surface area contributed by atoms with Gasteiger partial charge in [0.25, 0.3) is 0 Å². The average molecular weight is 376 g/mol. The Morgan fingerprint density at radius 2 is 1.71 bits per heavy atom. The molecule has 5 heteroatoms. The number of hydrogen-bond donors (Lipinski definition) is 0. The SMILES string of the molecule is CC1OC(C)C(C(Cl)c2cc3c(cc2Br)OCCO3)C1C. The Morgan fingerprint density at radius 3 is 2.29 bits per heavy atom. The van der Waals surface area contributed by atoms with Crippen LogP contribution in [0.5, 0.6) is 11.5 Å². The quantitative estimate of drug-likeness (QED) is 0.709. The largest absolute Gasteiger partial charge is 0.486 e. The van der Waals surface area contributed by atoms with Crippen molar-refractivity contribution in [3.05, 3.63) is 22.2 Å². The van der Waals surface area contributed by atoms with Crippen LogP contribution in [0.1, 0.15) is 31.7 Å². The van der Waals surface area contributed by atoms with Crippen molar-refractivity contribution in [2.45, 2.75) is 38.4 Å². The Bertz CT molecular complexity index is 536. The highest BCUT2D eigenvalue weighted by molar-refractivity contribution is 9.10. The minimum absolute atomic E-state index is 0.120. The second-order valence-electron chi connectivity index (χ2n) is 5.90. The summed E-state index contributed by atoms with van der Waals surface area (Å²) < 4.78 is 18.2. The summed E-state index contributed by atoms with van der Waals surface area (Å²) in [5.41, 5.74) is 1.04. The van der Waals surface area contributed by atoms with Gasteiger partial charge in [0.1, 0.15) is 13.2 Å². The van der Waals surface area contributed by atoms with E-state index in [1.165, 1.54) is 0 Å². The third-order valence-corrected chi connectivity index (χ3v) is 5.83. The standard InChI is InChI=1S/C16H20BrClO3/c1-8-9(2)21-10(3)15(8)16(18)11-6-13-14(7-12(11)17)20-5-4-19-13/h6-10,15-16H,4-5H2,1-3H3. The molecule has 0 bridgehead atoms. The molecular formula is C16H20BrClO3. The molecule has 2 heterocycles. The van der Waals surface area contributed by atoms with Gasteiger partial charge in [-0.2, -0.15) is 0 Å². The van der Waals surface area contributed by atoms with E-state index in [4.69, 9.17) is 25.8 Å². The highest BCUT2D eigenvalue weighted by Crippen LogP contribution is 2.48. The molecule has 21 heavy (non-hydrogen) atoms. The molecule has 1 aromatic carbocycles. The molecule has 5 unspecified atom stereocenters. The molecular weight excluding hydrogens is 356 g/mol. The Kier molecular flexibility index (Phi) is 4.40. The fraction of sp³-hybridized carbons (Fsp3) is 0.625. The molecule has 0 N–H and O–H groups in total. The van der Waals surface area contributed by atoms with Crippen molar-refractivity contribution in [1.29, 1.82) is 0 Å². The van der Waals surface area contributed by atoms with Crippen LogP contribution < -0.4 is 9.47 Å². The molecule has 0 radical (unpaired) electrons. The lowest BCUT2D eigenvalue weighted by molar-refractivity contribution is 0.0507. The van der Waals surface area contributed by atoms with Gasteiger partial charge < -0.3 is 14.2 Å². The topological polar surface area (TPSA) is 27.7 Å². The van der Waals surface area contributed by atoms with Crippen LogP contribution in [0.25, 0.3) is 0 Å². The van der Waals surface area contributed by atoms with Gasteiger partial charge in [-0.15, -0.1) is 11.6 Å². The van der Waals surface area contributed by atoms with Crippen molar-refractivity contribution in [3.63, 3.8) is 0 Å². The molecule has 1 saturated heterocycles. The molecule has 5 atom stereocenters. The maximum Gasteiger partial charge on any atom is 0.162 e. The van der Waals surface area contributed by atoms with Crippen molar-refractivity contribution < 1.29 is 14.2 Å². The lowest BCUT2D eigenvalue weighted by Crippen LogP contribution is -2.23. The maximum absolute atomic E-state index is 6.81. The number of ether oxygens (including phenoxy) is 3. The van der Waals surface area contributed by atoms with Gasteiger partial charge in [-0.05, 0) is 37.5 Å². The van der Waals surface area contributed by atoms with E-state index < -0.39 is 0 Å². The smallest absolute Gasteiger partial charge is 0.162 e. The van der Waals surface area contributed by atoms with E-state index in [1.54, 1.807) is 0 Å². The molecule has 1 fully saturated rings. The molecule has 2 aliphatic heterocycles. The number of fused-ring (bicyclic) bond motifs is 1. The summed E-state index contributed by atoms with van der Waals surface area (Å²) in [5.74, 6) is 2.25. The molecule has 0 aromatic heterocycles. The summed E-state index contributed by atoms with van der Waals surface area (Å²) in [7, 11) is 0. The molecule has 0 saturated carbocycles.